The molecule has 100 valence electrons. The molecule has 0 saturated carbocycles. The van der Waals surface area contributed by atoms with E-state index < -0.39 is 0 Å². The van der Waals surface area contributed by atoms with Crippen molar-refractivity contribution < 1.29 is 0 Å². The Morgan fingerprint density at radius 3 is 2.89 bits per heavy atom. The van der Waals surface area contributed by atoms with E-state index in [2.05, 4.69) is 15.1 Å². The third kappa shape index (κ3) is 2.26. The summed E-state index contributed by atoms with van der Waals surface area (Å²) >= 11 is 0. The molecule has 1 atom stereocenters. The number of nitrogens with two attached hydrogens (primary N) is 1. The summed E-state index contributed by atoms with van der Waals surface area (Å²) in [4.78, 5) is 8.80. The molecular weight excluding hydrogens is 238 g/mol. The van der Waals surface area contributed by atoms with Crippen LogP contribution in [-0.2, 0) is 6.42 Å². The fraction of sp³-hybridized carbons (Fsp3) is 0.500. The van der Waals surface area contributed by atoms with E-state index in [0.29, 0.717) is 0 Å². The van der Waals surface area contributed by atoms with Gasteiger partial charge in [0.15, 0.2) is 5.82 Å². The number of hydrogen-bond donors (Lipinski definition) is 1. The van der Waals surface area contributed by atoms with Gasteiger partial charge in [-0.05, 0) is 33.1 Å². The normalized spacial score (nSPS) is 19.0. The lowest BCUT2D eigenvalue weighted by atomic mass is 10.1. The number of hydrogen-bond acceptors (Lipinski definition) is 4. The molecule has 5 heteroatoms. The number of aromatic nitrogens is 4. The van der Waals surface area contributed by atoms with E-state index in [1.807, 2.05) is 30.8 Å². The van der Waals surface area contributed by atoms with Gasteiger partial charge in [-0.2, -0.15) is 5.10 Å². The van der Waals surface area contributed by atoms with E-state index in [1.54, 1.807) is 0 Å². The summed E-state index contributed by atoms with van der Waals surface area (Å²) in [6, 6.07) is 2.08. The minimum absolute atomic E-state index is 0.107. The molecule has 0 aromatic carbocycles. The number of rotatable bonds is 1. The monoisotopic (exact) mass is 257 g/mol. The molecule has 0 fully saturated rings. The van der Waals surface area contributed by atoms with Gasteiger partial charge in [0.1, 0.15) is 5.82 Å². The van der Waals surface area contributed by atoms with Crippen LogP contribution in [0.4, 0.5) is 0 Å². The average Bonchev–Trinajstić information content (AvgIpc) is 2.69. The third-order valence-electron chi connectivity index (χ3n) is 3.65. The molecule has 1 aliphatic rings. The van der Waals surface area contributed by atoms with Gasteiger partial charge in [-0.25, -0.2) is 14.6 Å². The molecule has 0 saturated heterocycles. The first-order valence-electron chi connectivity index (χ1n) is 6.80. The van der Waals surface area contributed by atoms with Crippen molar-refractivity contribution in [1.29, 1.82) is 0 Å². The molecule has 3 rings (SSSR count). The van der Waals surface area contributed by atoms with E-state index in [0.717, 1.165) is 36.6 Å². The van der Waals surface area contributed by atoms with Crippen molar-refractivity contribution in [3.05, 3.63) is 35.0 Å². The molecule has 1 aliphatic carbocycles. The van der Waals surface area contributed by atoms with Gasteiger partial charge in [0.25, 0.3) is 0 Å². The van der Waals surface area contributed by atoms with Crippen LogP contribution in [0.5, 0.6) is 0 Å². The Kier molecular flexibility index (Phi) is 3.06. The maximum atomic E-state index is 6.21. The zero-order chi connectivity index (χ0) is 13.4. The summed E-state index contributed by atoms with van der Waals surface area (Å²) in [5.74, 6) is 1.62. The predicted molar refractivity (Wildman–Crippen MR) is 73.1 cm³/mol. The molecule has 0 aliphatic heterocycles. The van der Waals surface area contributed by atoms with Crippen LogP contribution in [0.1, 0.15) is 48.1 Å². The predicted octanol–water partition coefficient (Wildman–Crippen LogP) is 2.01. The molecular formula is C14H19N5. The molecule has 0 amide bonds. The van der Waals surface area contributed by atoms with E-state index in [-0.39, 0.29) is 6.04 Å². The average molecular weight is 257 g/mol. The molecule has 0 spiro atoms. The lowest BCUT2D eigenvalue weighted by Gasteiger charge is -2.10. The van der Waals surface area contributed by atoms with E-state index in [9.17, 15) is 0 Å². The van der Waals surface area contributed by atoms with Crippen molar-refractivity contribution in [1.82, 2.24) is 19.7 Å². The summed E-state index contributed by atoms with van der Waals surface area (Å²) < 4.78 is 1.93. The highest BCUT2D eigenvalue weighted by atomic mass is 15.3. The SMILES string of the molecule is Cc1cc(-n2ncc3c2CCCCC3N)nc(C)n1. The summed E-state index contributed by atoms with van der Waals surface area (Å²) in [5.41, 5.74) is 9.56. The summed E-state index contributed by atoms with van der Waals surface area (Å²) in [6.07, 6.45) is 6.30. The van der Waals surface area contributed by atoms with Crippen molar-refractivity contribution in [3.8, 4) is 5.82 Å². The Balaban J connectivity index is 2.11. The second kappa shape index (κ2) is 4.74. The molecule has 2 aromatic heterocycles. The molecule has 0 bridgehead atoms. The molecule has 0 radical (unpaired) electrons. The van der Waals surface area contributed by atoms with Crippen LogP contribution in [0, 0.1) is 13.8 Å². The second-order valence-electron chi connectivity index (χ2n) is 5.23. The van der Waals surface area contributed by atoms with Crippen LogP contribution in [0.15, 0.2) is 12.3 Å². The Hall–Kier alpha value is -1.75. The highest BCUT2D eigenvalue weighted by molar-refractivity contribution is 5.32. The Morgan fingerprint density at radius 1 is 1.26 bits per heavy atom. The van der Waals surface area contributed by atoms with Crippen molar-refractivity contribution >= 4 is 0 Å². The first-order chi connectivity index (χ1) is 9.15. The van der Waals surface area contributed by atoms with E-state index in [1.165, 1.54) is 17.7 Å². The molecule has 1 unspecified atom stereocenters. The molecule has 2 N–H and O–H groups in total. The first kappa shape index (κ1) is 12.3. The van der Waals surface area contributed by atoms with E-state index in [4.69, 9.17) is 5.73 Å². The third-order valence-corrected chi connectivity index (χ3v) is 3.65. The van der Waals surface area contributed by atoms with Gasteiger partial charge in [-0.1, -0.05) is 6.42 Å². The van der Waals surface area contributed by atoms with Gasteiger partial charge in [-0.15, -0.1) is 0 Å². The Labute approximate surface area is 112 Å². The fourth-order valence-electron chi connectivity index (χ4n) is 2.76. The van der Waals surface area contributed by atoms with Gasteiger partial charge < -0.3 is 5.73 Å². The van der Waals surface area contributed by atoms with Gasteiger partial charge in [0, 0.05) is 23.4 Å². The molecule has 19 heavy (non-hydrogen) atoms. The lowest BCUT2D eigenvalue weighted by molar-refractivity contribution is 0.611. The van der Waals surface area contributed by atoms with Crippen LogP contribution >= 0.6 is 0 Å². The highest BCUT2D eigenvalue weighted by Gasteiger charge is 2.21. The van der Waals surface area contributed by atoms with Crippen molar-refractivity contribution in [2.24, 2.45) is 5.73 Å². The van der Waals surface area contributed by atoms with Crippen LogP contribution in [0.2, 0.25) is 0 Å². The van der Waals surface area contributed by atoms with Crippen LogP contribution in [0.3, 0.4) is 0 Å². The second-order valence-corrected chi connectivity index (χ2v) is 5.23. The van der Waals surface area contributed by atoms with Gasteiger partial charge in [0.05, 0.1) is 11.9 Å². The standard InChI is InChI=1S/C14H19N5/c1-9-7-14(18-10(2)17-9)19-13-6-4-3-5-12(15)11(13)8-16-19/h7-8,12H,3-6,15H2,1-2H3. The quantitative estimate of drug-likeness (QED) is 0.793. The van der Waals surface area contributed by atoms with E-state index >= 15 is 0 Å². The Bertz CT molecular complexity index is 582. The maximum Gasteiger partial charge on any atom is 0.157 e. The minimum Gasteiger partial charge on any atom is -0.324 e. The Morgan fingerprint density at radius 2 is 2.11 bits per heavy atom. The van der Waals surface area contributed by atoms with Crippen LogP contribution in [-0.4, -0.2) is 19.7 Å². The highest BCUT2D eigenvalue weighted by Crippen LogP contribution is 2.28. The van der Waals surface area contributed by atoms with Crippen LogP contribution in [0.25, 0.3) is 5.82 Å². The zero-order valence-corrected chi connectivity index (χ0v) is 11.4. The molecule has 2 heterocycles. The first-order valence-corrected chi connectivity index (χ1v) is 6.80. The smallest absolute Gasteiger partial charge is 0.157 e. The summed E-state index contributed by atoms with van der Waals surface area (Å²) in [5, 5.41) is 4.49. The molecule has 2 aromatic rings. The van der Waals surface area contributed by atoms with Gasteiger partial charge >= 0.3 is 0 Å². The largest absolute Gasteiger partial charge is 0.324 e. The molecule has 5 nitrogen and oxygen atoms in total. The van der Waals surface area contributed by atoms with Gasteiger partial charge in [-0.3, -0.25) is 0 Å². The number of fused-ring (bicyclic) bond motifs is 1. The zero-order valence-electron chi connectivity index (χ0n) is 11.4. The lowest BCUT2D eigenvalue weighted by Crippen LogP contribution is -2.11. The maximum absolute atomic E-state index is 6.21. The summed E-state index contributed by atoms with van der Waals surface area (Å²) in [6.45, 7) is 3.89. The number of aryl methyl sites for hydroxylation is 2. The topological polar surface area (TPSA) is 69.6 Å². The van der Waals surface area contributed by atoms with Crippen LogP contribution < -0.4 is 5.73 Å². The van der Waals surface area contributed by atoms with Crippen molar-refractivity contribution in [3.63, 3.8) is 0 Å². The van der Waals surface area contributed by atoms with Crippen molar-refractivity contribution in [2.45, 2.75) is 45.6 Å². The van der Waals surface area contributed by atoms with Gasteiger partial charge in [0.2, 0.25) is 0 Å². The minimum atomic E-state index is 0.107. The number of nitrogens with zero attached hydrogens (tertiary/aromatic N) is 4. The summed E-state index contributed by atoms with van der Waals surface area (Å²) in [7, 11) is 0. The fourth-order valence-corrected chi connectivity index (χ4v) is 2.76. The van der Waals surface area contributed by atoms with Crippen molar-refractivity contribution in [2.75, 3.05) is 0 Å².